The predicted molar refractivity (Wildman–Crippen MR) is 71.8 cm³/mol. The Morgan fingerprint density at radius 1 is 1.44 bits per heavy atom. The van der Waals surface area contributed by atoms with Gasteiger partial charge in [-0.1, -0.05) is 33.6 Å². The van der Waals surface area contributed by atoms with Crippen molar-refractivity contribution in [2.24, 2.45) is 0 Å². The number of halogens is 2. The maximum atomic E-state index is 11.2. The van der Waals surface area contributed by atoms with Crippen LogP contribution in [0.5, 0.6) is 0 Å². The molecule has 3 atom stereocenters. The van der Waals surface area contributed by atoms with Gasteiger partial charge in [0.1, 0.15) is 0 Å². The van der Waals surface area contributed by atoms with Gasteiger partial charge in [0.15, 0.2) is 6.10 Å². The molecule has 0 aliphatic carbocycles. The highest BCUT2D eigenvalue weighted by atomic mass is 79.9. The molecule has 0 bridgehead atoms. The quantitative estimate of drug-likeness (QED) is 0.867. The second kappa shape index (κ2) is 6.52. The molecule has 0 amide bonds. The zero-order valence-electron chi connectivity index (χ0n) is 9.93. The number of carboxylic acid groups (broad SMARTS) is 1. The lowest BCUT2D eigenvalue weighted by atomic mass is 10.1. The fourth-order valence-corrected chi connectivity index (χ4v) is 2.20. The number of carbonyl (C=O) groups is 1. The van der Waals surface area contributed by atoms with Crippen LogP contribution in [0.2, 0.25) is 5.02 Å². The lowest BCUT2D eigenvalue weighted by Gasteiger charge is -2.22. The van der Waals surface area contributed by atoms with Crippen molar-refractivity contribution >= 4 is 33.5 Å². The van der Waals surface area contributed by atoms with Gasteiger partial charge < -0.3 is 14.9 Å². The third kappa shape index (κ3) is 3.95. The van der Waals surface area contributed by atoms with E-state index in [2.05, 4.69) is 15.9 Å². The van der Waals surface area contributed by atoms with E-state index >= 15 is 0 Å². The summed E-state index contributed by atoms with van der Waals surface area (Å²) < 4.78 is 5.91. The number of ether oxygens (including phenoxy) is 1. The summed E-state index contributed by atoms with van der Waals surface area (Å²) in [5, 5.41) is 19.1. The van der Waals surface area contributed by atoms with E-state index in [1.165, 1.54) is 0 Å². The van der Waals surface area contributed by atoms with E-state index in [4.69, 9.17) is 16.3 Å². The largest absolute Gasteiger partial charge is 0.479 e. The highest BCUT2D eigenvalue weighted by Crippen LogP contribution is 2.30. The normalized spacial score (nSPS) is 16.1. The van der Waals surface area contributed by atoms with Crippen molar-refractivity contribution in [2.75, 3.05) is 0 Å². The maximum Gasteiger partial charge on any atom is 0.337 e. The Morgan fingerprint density at radius 3 is 2.50 bits per heavy atom. The van der Waals surface area contributed by atoms with Gasteiger partial charge in [0, 0.05) is 15.1 Å². The van der Waals surface area contributed by atoms with Crippen molar-refractivity contribution < 1.29 is 19.7 Å². The van der Waals surface area contributed by atoms with E-state index in [1.807, 2.05) is 0 Å². The van der Waals surface area contributed by atoms with Crippen LogP contribution in [-0.2, 0) is 9.53 Å². The van der Waals surface area contributed by atoms with Gasteiger partial charge in [0.25, 0.3) is 0 Å². The molecule has 0 spiro atoms. The molecule has 100 valence electrons. The van der Waals surface area contributed by atoms with Crippen molar-refractivity contribution in [1.29, 1.82) is 0 Å². The van der Waals surface area contributed by atoms with Crippen LogP contribution in [0, 0.1) is 0 Å². The van der Waals surface area contributed by atoms with Crippen LogP contribution in [0.4, 0.5) is 0 Å². The SMILES string of the molecule is CC(O)C(C)OC(C(=O)O)c1ccc(Cl)cc1Br. The molecule has 18 heavy (non-hydrogen) atoms. The second-order valence-corrected chi connectivity index (χ2v) is 5.26. The summed E-state index contributed by atoms with van der Waals surface area (Å²) in [5.41, 5.74) is 0.458. The van der Waals surface area contributed by atoms with Gasteiger partial charge in [0.2, 0.25) is 0 Å². The molecule has 0 saturated heterocycles. The zero-order chi connectivity index (χ0) is 13.9. The van der Waals surface area contributed by atoms with Gasteiger partial charge in [-0.05, 0) is 26.0 Å². The summed E-state index contributed by atoms with van der Waals surface area (Å²) in [4.78, 5) is 11.2. The molecule has 0 aliphatic heterocycles. The smallest absolute Gasteiger partial charge is 0.337 e. The molecule has 0 saturated carbocycles. The third-order valence-corrected chi connectivity index (χ3v) is 3.42. The molecule has 0 aliphatic rings. The number of aliphatic hydroxyl groups is 1. The van der Waals surface area contributed by atoms with Crippen molar-refractivity contribution in [3.05, 3.63) is 33.3 Å². The highest BCUT2D eigenvalue weighted by Gasteiger charge is 2.26. The molecule has 1 aromatic rings. The van der Waals surface area contributed by atoms with Gasteiger partial charge in [-0.3, -0.25) is 0 Å². The van der Waals surface area contributed by atoms with Crippen LogP contribution < -0.4 is 0 Å². The van der Waals surface area contributed by atoms with Crippen molar-refractivity contribution in [2.45, 2.75) is 32.2 Å². The van der Waals surface area contributed by atoms with E-state index in [-0.39, 0.29) is 0 Å². The molecule has 4 nitrogen and oxygen atoms in total. The minimum atomic E-state index is -1.15. The zero-order valence-corrected chi connectivity index (χ0v) is 12.3. The first kappa shape index (κ1) is 15.4. The minimum Gasteiger partial charge on any atom is -0.479 e. The van der Waals surface area contributed by atoms with Crippen LogP contribution in [0.25, 0.3) is 0 Å². The summed E-state index contributed by atoms with van der Waals surface area (Å²) >= 11 is 9.05. The van der Waals surface area contributed by atoms with E-state index in [0.29, 0.717) is 15.1 Å². The van der Waals surface area contributed by atoms with Crippen LogP contribution in [0.3, 0.4) is 0 Å². The molecule has 0 radical (unpaired) electrons. The van der Waals surface area contributed by atoms with E-state index < -0.39 is 24.3 Å². The molecule has 6 heteroatoms. The molecular formula is C12H14BrClO4. The molecule has 0 fully saturated rings. The average Bonchev–Trinajstić information content (AvgIpc) is 2.26. The van der Waals surface area contributed by atoms with E-state index in [1.54, 1.807) is 32.0 Å². The Hall–Kier alpha value is -0.620. The molecule has 0 aromatic heterocycles. The van der Waals surface area contributed by atoms with Crippen LogP contribution in [-0.4, -0.2) is 28.4 Å². The summed E-state index contributed by atoms with van der Waals surface area (Å²) in [6.45, 7) is 3.16. The van der Waals surface area contributed by atoms with Gasteiger partial charge in [0.05, 0.1) is 12.2 Å². The lowest BCUT2D eigenvalue weighted by molar-refractivity contribution is -0.158. The number of hydrogen-bond donors (Lipinski definition) is 2. The molecule has 3 unspecified atom stereocenters. The van der Waals surface area contributed by atoms with Gasteiger partial charge in [-0.2, -0.15) is 0 Å². The summed E-state index contributed by atoms with van der Waals surface area (Å²) in [6.07, 6.45) is -2.49. The Balaban J connectivity index is 3.01. The van der Waals surface area contributed by atoms with Gasteiger partial charge in [-0.15, -0.1) is 0 Å². The first-order chi connectivity index (χ1) is 8.32. The molecule has 1 rings (SSSR count). The summed E-state index contributed by atoms with van der Waals surface area (Å²) in [5.74, 6) is -1.12. The Kier molecular flexibility index (Phi) is 5.59. The first-order valence-corrected chi connectivity index (χ1v) is 6.51. The predicted octanol–water partition coefficient (Wildman–Crippen LogP) is 3.01. The van der Waals surface area contributed by atoms with Gasteiger partial charge >= 0.3 is 5.97 Å². The minimum absolute atomic E-state index is 0.458. The monoisotopic (exact) mass is 336 g/mol. The van der Waals surface area contributed by atoms with Crippen LogP contribution in [0.1, 0.15) is 25.5 Å². The van der Waals surface area contributed by atoms with Crippen LogP contribution in [0.15, 0.2) is 22.7 Å². The fraction of sp³-hybridized carbons (Fsp3) is 0.417. The Bertz CT molecular complexity index is 436. The third-order valence-electron chi connectivity index (χ3n) is 2.50. The number of aliphatic carboxylic acids is 1. The Morgan fingerprint density at radius 2 is 2.06 bits per heavy atom. The Labute approximate surface area is 119 Å². The van der Waals surface area contributed by atoms with Crippen molar-refractivity contribution in [1.82, 2.24) is 0 Å². The average molecular weight is 338 g/mol. The molecular weight excluding hydrogens is 323 g/mol. The van der Waals surface area contributed by atoms with Crippen molar-refractivity contribution in [3.63, 3.8) is 0 Å². The lowest BCUT2D eigenvalue weighted by Crippen LogP contribution is -2.28. The van der Waals surface area contributed by atoms with Crippen molar-refractivity contribution in [3.8, 4) is 0 Å². The summed E-state index contributed by atoms with van der Waals surface area (Å²) in [7, 11) is 0. The maximum absolute atomic E-state index is 11.2. The van der Waals surface area contributed by atoms with Crippen LogP contribution >= 0.6 is 27.5 Å². The number of carboxylic acids is 1. The van der Waals surface area contributed by atoms with E-state index in [0.717, 1.165) is 0 Å². The number of rotatable bonds is 5. The second-order valence-electron chi connectivity index (χ2n) is 3.97. The fourth-order valence-electron chi connectivity index (χ4n) is 1.31. The highest BCUT2D eigenvalue weighted by molar-refractivity contribution is 9.10. The number of benzene rings is 1. The topological polar surface area (TPSA) is 66.8 Å². The molecule has 2 N–H and O–H groups in total. The van der Waals surface area contributed by atoms with Gasteiger partial charge in [-0.25, -0.2) is 4.79 Å². The number of hydrogen-bond acceptors (Lipinski definition) is 3. The molecule has 0 heterocycles. The summed E-state index contributed by atoms with van der Waals surface area (Å²) in [6, 6.07) is 4.77. The molecule has 1 aromatic carbocycles. The standard InChI is InChI=1S/C12H14BrClO4/c1-6(15)7(2)18-11(12(16)17)9-4-3-8(14)5-10(9)13/h3-7,11,15H,1-2H3,(H,16,17). The number of aliphatic hydroxyl groups excluding tert-OH is 1. The first-order valence-electron chi connectivity index (χ1n) is 5.34. The van der Waals surface area contributed by atoms with E-state index in [9.17, 15) is 15.0 Å².